The third-order valence-corrected chi connectivity index (χ3v) is 5.31. The van der Waals surface area contributed by atoms with Crippen LogP contribution >= 0.6 is 0 Å². The van der Waals surface area contributed by atoms with Gasteiger partial charge in [-0.1, -0.05) is 6.92 Å². The van der Waals surface area contributed by atoms with E-state index in [-0.39, 0.29) is 11.9 Å². The van der Waals surface area contributed by atoms with Gasteiger partial charge >= 0.3 is 0 Å². The number of piperidine rings is 2. The minimum Gasteiger partial charge on any atom is -0.348 e. The number of hydrogen-bond donors (Lipinski definition) is 2. The molecule has 1 aromatic heterocycles. The van der Waals surface area contributed by atoms with Gasteiger partial charge in [0, 0.05) is 36.8 Å². The van der Waals surface area contributed by atoms with E-state index in [1.54, 1.807) is 0 Å². The van der Waals surface area contributed by atoms with Crippen molar-refractivity contribution < 1.29 is 4.79 Å². The second-order valence-corrected chi connectivity index (χ2v) is 7.10. The first kappa shape index (κ1) is 17.4. The first-order valence-electron chi connectivity index (χ1n) is 9.49. The Morgan fingerprint density at radius 3 is 2.75 bits per heavy atom. The molecule has 0 radical (unpaired) electrons. The fourth-order valence-electron chi connectivity index (χ4n) is 3.95. The highest BCUT2D eigenvalue weighted by molar-refractivity contribution is 5.77. The zero-order valence-electron chi connectivity index (χ0n) is 15.0. The number of carbonyl (C=O) groups excluding carboxylic acids is 1. The lowest BCUT2D eigenvalue weighted by molar-refractivity contribution is -0.124. The molecule has 6 heteroatoms. The highest BCUT2D eigenvalue weighted by Crippen LogP contribution is 2.25. The molecule has 0 aromatic carbocycles. The molecule has 3 rings (SSSR count). The SMILES string of the molecule is CCCN1CCC(N[C@@H]2CCC(=O)N[C@H]2c2cnn(CC)c2)CC1. The maximum absolute atomic E-state index is 11.9. The summed E-state index contributed by atoms with van der Waals surface area (Å²) in [5, 5.41) is 11.4. The van der Waals surface area contributed by atoms with Crippen molar-refractivity contribution in [2.75, 3.05) is 19.6 Å². The number of carbonyl (C=O) groups is 1. The van der Waals surface area contributed by atoms with Crippen LogP contribution in [0.1, 0.15) is 57.6 Å². The lowest BCUT2D eigenvalue weighted by Crippen LogP contribution is -2.53. The van der Waals surface area contributed by atoms with E-state index in [9.17, 15) is 4.79 Å². The van der Waals surface area contributed by atoms with Crippen LogP contribution in [0.3, 0.4) is 0 Å². The molecular formula is C18H31N5O. The normalized spacial score (nSPS) is 26.5. The van der Waals surface area contributed by atoms with Gasteiger partial charge in [-0.2, -0.15) is 5.10 Å². The molecule has 2 fully saturated rings. The lowest BCUT2D eigenvalue weighted by atomic mass is 9.91. The van der Waals surface area contributed by atoms with Crippen LogP contribution < -0.4 is 10.6 Å². The zero-order valence-corrected chi connectivity index (χ0v) is 15.0. The summed E-state index contributed by atoms with van der Waals surface area (Å²) in [7, 11) is 0. The number of amides is 1. The minimum atomic E-state index is 0.0419. The van der Waals surface area contributed by atoms with Crippen molar-refractivity contribution in [1.82, 2.24) is 25.3 Å². The molecule has 2 aliphatic heterocycles. The lowest BCUT2D eigenvalue weighted by Gasteiger charge is -2.38. The van der Waals surface area contributed by atoms with Crippen LogP contribution in [0, 0.1) is 0 Å². The average molecular weight is 333 g/mol. The molecule has 0 bridgehead atoms. The molecule has 0 unspecified atom stereocenters. The van der Waals surface area contributed by atoms with Crippen LogP contribution in [-0.4, -0.2) is 52.3 Å². The number of likely N-dealkylation sites (tertiary alicyclic amines) is 1. The topological polar surface area (TPSA) is 62.2 Å². The Balaban J connectivity index is 1.61. The third kappa shape index (κ3) is 4.16. The molecule has 2 N–H and O–H groups in total. The monoisotopic (exact) mass is 333 g/mol. The van der Waals surface area contributed by atoms with Crippen LogP contribution in [0.5, 0.6) is 0 Å². The molecule has 1 aromatic rings. The second kappa shape index (κ2) is 8.12. The molecule has 0 spiro atoms. The summed E-state index contributed by atoms with van der Waals surface area (Å²) in [5.74, 6) is 0.153. The van der Waals surface area contributed by atoms with Crippen LogP contribution in [0.25, 0.3) is 0 Å². The maximum Gasteiger partial charge on any atom is 0.220 e. The van der Waals surface area contributed by atoms with Gasteiger partial charge < -0.3 is 15.5 Å². The van der Waals surface area contributed by atoms with Gasteiger partial charge in [0.05, 0.1) is 12.2 Å². The van der Waals surface area contributed by atoms with E-state index in [0.29, 0.717) is 18.5 Å². The standard InChI is InChI=1S/C18H31N5O/c1-3-9-22-10-7-15(8-11-22)20-16-5-6-17(24)21-18(16)14-12-19-23(4-2)13-14/h12-13,15-16,18,20H,3-11H2,1-2H3,(H,21,24)/t16-,18+/m1/s1. The summed E-state index contributed by atoms with van der Waals surface area (Å²) in [5.41, 5.74) is 1.12. The minimum absolute atomic E-state index is 0.0419. The predicted octanol–water partition coefficient (Wildman–Crippen LogP) is 1.69. The first-order valence-corrected chi connectivity index (χ1v) is 9.49. The van der Waals surface area contributed by atoms with Crippen LogP contribution in [0.2, 0.25) is 0 Å². The number of aryl methyl sites for hydroxylation is 1. The van der Waals surface area contributed by atoms with Gasteiger partial charge in [-0.15, -0.1) is 0 Å². The summed E-state index contributed by atoms with van der Waals surface area (Å²) in [4.78, 5) is 14.5. The van der Waals surface area contributed by atoms with Gasteiger partial charge in [-0.05, 0) is 52.2 Å². The van der Waals surface area contributed by atoms with Gasteiger partial charge in [-0.25, -0.2) is 0 Å². The maximum atomic E-state index is 11.9. The molecule has 3 heterocycles. The number of aromatic nitrogens is 2. The van der Waals surface area contributed by atoms with Crippen LogP contribution in [0.15, 0.2) is 12.4 Å². The molecule has 134 valence electrons. The number of nitrogens with zero attached hydrogens (tertiary/aromatic N) is 3. The van der Waals surface area contributed by atoms with Gasteiger partial charge in [-0.3, -0.25) is 9.48 Å². The smallest absolute Gasteiger partial charge is 0.220 e. The molecule has 2 aliphatic rings. The molecule has 0 aliphatic carbocycles. The first-order chi connectivity index (χ1) is 11.7. The largest absolute Gasteiger partial charge is 0.348 e. The Bertz CT molecular complexity index is 535. The fraction of sp³-hybridized carbons (Fsp3) is 0.778. The summed E-state index contributed by atoms with van der Waals surface area (Å²) in [6.07, 6.45) is 9.12. The van der Waals surface area contributed by atoms with Crippen LogP contribution in [-0.2, 0) is 11.3 Å². The predicted molar refractivity (Wildman–Crippen MR) is 94.7 cm³/mol. The van der Waals surface area contributed by atoms with Gasteiger partial charge in [0.2, 0.25) is 5.91 Å². The number of rotatable bonds is 6. The fourth-order valence-corrected chi connectivity index (χ4v) is 3.95. The Kier molecular flexibility index (Phi) is 5.89. The van der Waals surface area contributed by atoms with Gasteiger partial charge in [0.15, 0.2) is 0 Å². The number of hydrogen-bond acceptors (Lipinski definition) is 4. The molecule has 1 amide bonds. The molecule has 24 heavy (non-hydrogen) atoms. The van der Waals surface area contributed by atoms with Crippen molar-refractivity contribution in [1.29, 1.82) is 0 Å². The van der Waals surface area contributed by atoms with E-state index in [1.807, 2.05) is 10.9 Å². The third-order valence-electron chi connectivity index (χ3n) is 5.31. The highest BCUT2D eigenvalue weighted by atomic mass is 16.1. The number of nitrogens with one attached hydrogen (secondary N) is 2. The Morgan fingerprint density at radius 2 is 2.08 bits per heavy atom. The molecule has 6 nitrogen and oxygen atoms in total. The van der Waals surface area contributed by atoms with E-state index in [2.05, 4.69) is 40.7 Å². The van der Waals surface area contributed by atoms with Crippen molar-refractivity contribution in [3.05, 3.63) is 18.0 Å². The summed E-state index contributed by atoms with van der Waals surface area (Å²) < 4.78 is 1.93. The van der Waals surface area contributed by atoms with Gasteiger partial charge in [0.25, 0.3) is 0 Å². The van der Waals surface area contributed by atoms with E-state index in [1.165, 1.54) is 38.9 Å². The van der Waals surface area contributed by atoms with Crippen LogP contribution in [0.4, 0.5) is 0 Å². The van der Waals surface area contributed by atoms with Gasteiger partial charge in [0.1, 0.15) is 0 Å². The average Bonchev–Trinajstić information content (AvgIpc) is 3.07. The Hall–Kier alpha value is -1.40. The quantitative estimate of drug-likeness (QED) is 0.832. The highest BCUT2D eigenvalue weighted by Gasteiger charge is 2.32. The van der Waals surface area contributed by atoms with Crippen molar-refractivity contribution in [3.63, 3.8) is 0 Å². The second-order valence-electron chi connectivity index (χ2n) is 7.10. The molecular weight excluding hydrogens is 302 g/mol. The molecule has 2 atom stereocenters. The summed E-state index contributed by atoms with van der Waals surface area (Å²) in [6.45, 7) is 8.76. The molecule has 0 saturated carbocycles. The summed E-state index contributed by atoms with van der Waals surface area (Å²) in [6, 6.07) is 0.905. The summed E-state index contributed by atoms with van der Waals surface area (Å²) >= 11 is 0. The van der Waals surface area contributed by atoms with Crippen molar-refractivity contribution in [2.45, 2.75) is 70.6 Å². The van der Waals surface area contributed by atoms with Crippen molar-refractivity contribution in [2.24, 2.45) is 0 Å². The zero-order chi connectivity index (χ0) is 16.9. The molecule has 2 saturated heterocycles. The van der Waals surface area contributed by atoms with E-state index in [4.69, 9.17) is 0 Å². The van der Waals surface area contributed by atoms with E-state index >= 15 is 0 Å². The van der Waals surface area contributed by atoms with Crippen molar-refractivity contribution >= 4 is 5.91 Å². The Labute approximate surface area is 145 Å². The van der Waals surface area contributed by atoms with E-state index in [0.717, 1.165) is 18.5 Å². The Morgan fingerprint density at radius 1 is 1.29 bits per heavy atom. The van der Waals surface area contributed by atoms with E-state index < -0.39 is 0 Å². The van der Waals surface area contributed by atoms with Crippen molar-refractivity contribution in [3.8, 4) is 0 Å².